The van der Waals surface area contributed by atoms with Gasteiger partial charge in [0.25, 0.3) is 0 Å². The van der Waals surface area contributed by atoms with E-state index in [9.17, 15) is 4.79 Å². The smallest absolute Gasteiger partial charge is 0.303 e. The van der Waals surface area contributed by atoms with Crippen LogP contribution in [-0.2, 0) is 39.8 Å². The number of ether oxygens (including phenoxy) is 6. The maximum atomic E-state index is 11.8. The molecule has 0 spiro atoms. The summed E-state index contributed by atoms with van der Waals surface area (Å²) in [6, 6.07) is 10.0. The Morgan fingerprint density at radius 1 is 0.879 bits per heavy atom. The third kappa shape index (κ3) is 6.34. The lowest BCUT2D eigenvalue weighted by Crippen LogP contribution is -2.58. The molecule has 2 fully saturated rings. The molecule has 2 aliphatic heterocycles. The number of hydrogen-bond donors (Lipinski definition) is 0. The summed E-state index contributed by atoms with van der Waals surface area (Å²) in [6.07, 6.45) is -2.18. The van der Waals surface area contributed by atoms with Crippen molar-refractivity contribution >= 4 is 5.97 Å². The average molecular weight is 465 g/mol. The van der Waals surface area contributed by atoms with Gasteiger partial charge >= 0.3 is 5.97 Å². The van der Waals surface area contributed by atoms with E-state index in [0.717, 1.165) is 5.56 Å². The van der Waals surface area contributed by atoms with Gasteiger partial charge in [-0.2, -0.15) is 0 Å². The van der Waals surface area contributed by atoms with Crippen LogP contribution in [0.2, 0.25) is 0 Å². The molecule has 3 rings (SSSR count). The summed E-state index contributed by atoms with van der Waals surface area (Å²) in [6.45, 7) is 12.7. The van der Waals surface area contributed by atoms with Gasteiger partial charge < -0.3 is 28.4 Å². The number of carbonyl (C=O) groups excluding carboxylic acids is 1. The number of rotatable bonds is 8. The van der Waals surface area contributed by atoms with Crippen molar-refractivity contribution < 1.29 is 33.2 Å². The number of hydrogen-bond acceptors (Lipinski definition) is 7. The molecule has 2 heterocycles. The van der Waals surface area contributed by atoms with Gasteiger partial charge in [-0.3, -0.25) is 4.79 Å². The molecule has 0 aliphatic carbocycles. The highest BCUT2D eigenvalue weighted by Crippen LogP contribution is 2.38. The highest BCUT2D eigenvalue weighted by atomic mass is 16.7. The molecule has 2 saturated heterocycles. The van der Waals surface area contributed by atoms with Crippen molar-refractivity contribution in [3.63, 3.8) is 0 Å². The quantitative estimate of drug-likeness (QED) is 0.535. The minimum atomic E-state index is -0.672. The molecule has 33 heavy (non-hydrogen) atoms. The van der Waals surface area contributed by atoms with Crippen LogP contribution >= 0.6 is 0 Å². The number of esters is 1. The van der Waals surface area contributed by atoms with E-state index in [2.05, 4.69) is 27.7 Å². The predicted octanol–water partition coefficient (Wildman–Crippen LogP) is 4.18. The molecule has 0 amide bonds. The zero-order valence-corrected chi connectivity index (χ0v) is 20.9. The van der Waals surface area contributed by atoms with Crippen molar-refractivity contribution in [1.29, 1.82) is 0 Å². The van der Waals surface area contributed by atoms with Gasteiger partial charge in [0.15, 0.2) is 18.7 Å². The fraction of sp³-hybridized carbons (Fsp3) is 0.731. The monoisotopic (exact) mass is 464 g/mol. The van der Waals surface area contributed by atoms with Gasteiger partial charge in [-0.25, -0.2) is 0 Å². The standard InChI is InChI=1S/C26H40O7/c1-15-16(2)24(31-20(6)27)26(30-19(15)5)33-23-17(3)18(4)25(28-7)32-22(23)14-29-13-21-11-9-8-10-12-21/h8-12,15-19,22-26H,13-14H2,1-7H3/t15-,16?,17-,18?,19+,22?,23-,24?,25+,26+/m1/s1. The van der Waals surface area contributed by atoms with Crippen molar-refractivity contribution in [2.75, 3.05) is 13.7 Å². The minimum absolute atomic E-state index is 0.0199. The lowest BCUT2D eigenvalue weighted by Gasteiger charge is -2.48. The highest BCUT2D eigenvalue weighted by molar-refractivity contribution is 5.66. The molecular weight excluding hydrogens is 424 g/mol. The average Bonchev–Trinajstić information content (AvgIpc) is 2.79. The largest absolute Gasteiger partial charge is 0.457 e. The molecule has 1 aromatic rings. The predicted molar refractivity (Wildman–Crippen MR) is 123 cm³/mol. The number of methoxy groups -OCH3 is 1. The van der Waals surface area contributed by atoms with E-state index < -0.39 is 12.4 Å². The first-order valence-electron chi connectivity index (χ1n) is 12.0. The Morgan fingerprint density at radius 2 is 1.55 bits per heavy atom. The molecule has 0 aromatic heterocycles. The summed E-state index contributed by atoms with van der Waals surface area (Å²) in [5, 5.41) is 0. The lowest BCUT2D eigenvalue weighted by atomic mass is 9.83. The van der Waals surface area contributed by atoms with Gasteiger partial charge in [0.2, 0.25) is 0 Å². The molecule has 4 unspecified atom stereocenters. The van der Waals surface area contributed by atoms with E-state index in [1.807, 2.05) is 37.3 Å². The molecule has 0 N–H and O–H groups in total. The van der Waals surface area contributed by atoms with Crippen LogP contribution in [0.25, 0.3) is 0 Å². The Balaban J connectivity index is 1.75. The van der Waals surface area contributed by atoms with E-state index in [1.54, 1.807) is 7.11 Å². The van der Waals surface area contributed by atoms with Crippen LogP contribution in [-0.4, -0.2) is 56.7 Å². The van der Waals surface area contributed by atoms with Crippen LogP contribution in [0.15, 0.2) is 30.3 Å². The highest BCUT2D eigenvalue weighted by Gasteiger charge is 2.48. The fourth-order valence-corrected chi connectivity index (χ4v) is 4.75. The number of benzene rings is 1. The van der Waals surface area contributed by atoms with Crippen molar-refractivity contribution in [3.8, 4) is 0 Å². The fourth-order valence-electron chi connectivity index (χ4n) is 4.75. The van der Waals surface area contributed by atoms with E-state index in [0.29, 0.717) is 13.2 Å². The molecular formula is C26H40O7. The summed E-state index contributed by atoms with van der Waals surface area (Å²) in [7, 11) is 1.66. The first-order valence-corrected chi connectivity index (χ1v) is 12.0. The maximum absolute atomic E-state index is 11.8. The molecule has 0 bridgehead atoms. The minimum Gasteiger partial charge on any atom is -0.457 e. The molecule has 0 radical (unpaired) electrons. The van der Waals surface area contributed by atoms with Crippen LogP contribution < -0.4 is 0 Å². The first kappa shape index (κ1) is 26.1. The molecule has 186 valence electrons. The zero-order chi connectivity index (χ0) is 24.1. The second-order valence-corrected chi connectivity index (χ2v) is 9.60. The lowest BCUT2D eigenvalue weighted by molar-refractivity contribution is -0.332. The van der Waals surface area contributed by atoms with Crippen molar-refractivity contribution in [3.05, 3.63) is 35.9 Å². The van der Waals surface area contributed by atoms with Gasteiger partial charge in [0, 0.05) is 25.9 Å². The second kappa shape index (κ2) is 11.8. The van der Waals surface area contributed by atoms with E-state index in [-0.39, 0.29) is 54.2 Å². The molecule has 0 saturated carbocycles. The Labute approximate surface area is 198 Å². The molecule has 2 aliphatic rings. The summed E-state index contributed by atoms with van der Waals surface area (Å²) in [5.41, 5.74) is 1.10. The van der Waals surface area contributed by atoms with Gasteiger partial charge in [0.1, 0.15) is 6.10 Å². The normalized spacial score (nSPS) is 39.2. The molecule has 7 nitrogen and oxygen atoms in total. The molecule has 1 aromatic carbocycles. The van der Waals surface area contributed by atoms with Gasteiger partial charge in [0.05, 0.1) is 25.4 Å². The first-order chi connectivity index (χ1) is 15.7. The SMILES string of the molecule is CO[C@H]1OC(COCc2ccccc2)[C@H](O[C@@H]2O[C@@H](C)[C@H](C)C(C)C2OC(C)=O)[C@H](C)C1C. The summed E-state index contributed by atoms with van der Waals surface area (Å²) in [5.74, 6) is 0.209. The van der Waals surface area contributed by atoms with Gasteiger partial charge in [-0.05, 0) is 24.3 Å². The van der Waals surface area contributed by atoms with Crippen LogP contribution in [0, 0.1) is 23.7 Å². The molecule has 10 atom stereocenters. The topological polar surface area (TPSA) is 72.5 Å². The van der Waals surface area contributed by atoms with Crippen molar-refractivity contribution in [1.82, 2.24) is 0 Å². The second-order valence-electron chi connectivity index (χ2n) is 9.60. The van der Waals surface area contributed by atoms with Crippen LogP contribution in [0.5, 0.6) is 0 Å². The van der Waals surface area contributed by atoms with E-state index in [4.69, 9.17) is 28.4 Å². The Kier molecular flexibility index (Phi) is 9.30. The third-order valence-corrected chi connectivity index (χ3v) is 7.38. The van der Waals surface area contributed by atoms with Gasteiger partial charge in [-0.15, -0.1) is 0 Å². The Morgan fingerprint density at radius 3 is 2.18 bits per heavy atom. The summed E-state index contributed by atoms with van der Waals surface area (Å²) in [4.78, 5) is 11.8. The van der Waals surface area contributed by atoms with Gasteiger partial charge in [-0.1, -0.05) is 58.0 Å². The summed E-state index contributed by atoms with van der Waals surface area (Å²) < 4.78 is 36.3. The maximum Gasteiger partial charge on any atom is 0.303 e. The summed E-state index contributed by atoms with van der Waals surface area (Å²) >= 11 is 0. The zero-order valence-electron chi connectivity index (χ0n) is 20.9. The van der Waals surface area contributed by atoms with E-state index >= 15 is 0 Å². The van der Waals surface area contributed by atoms with Crippen molar-refractivity contribution in [2.45, 2.75) is 85.1 Å². The van der Waals surface area contributed by atoms with Crippen LogP contribution in [0.4, 0.5) is 0 Å². The van der Waals surface area contributed by atoms with Crippen LogP contribution in [0.3, 0.4) is 0 Å². The number of carbonyl (C=O) groups is 1. The van der Waals surface area contributed by atoms with Crippen molar-refractivity contribution in [2.24, 2.45) is 23.7 Å². The Hall–Kier alpha value is -1.51. The third-order valence-electron chi connectivity index (χ3n) is 7.38. The molecule has 7 heteroatoms. The van der Waals surface area contributed by atoms with Crippen LogP contribution in [0.1, 0.15) is 47.1 Å². The van der Waals surface area contributed by atoms with E-state index in [1.165, 1.54) is 6.92 Å². The Bertz CT molecular complexity index is 741.